The number of phenols is 2. The summed E-state index contributed by atoms with van der Waals surface area (Å²) in [5, 5.41) is 21.0. The maximum Gasteiger partial charge on any atom is 0.153 e. The fourth-order valence-corrected chi connectivity index (χ4v) is 2.96. The van der Waals surface area contributed by atoms with Gasteiger partial charge in [-0.1, -0.05) is 23.2 Å². The number of anilines is 2. The molecule has 0 spiro atoms. The molecular formula is C18H18Cl2N2O4. The maximum atomic E-state index is 11.0. The fourth-order valence-electron chi connectivity index (χ4n) is 2.51. The molecule has 0 heterocycles. The van der Waals surface area contributed by atoms with Crippen LogP contribution in [0, 0.1) is 0 Å². The van der Waals surface area contributed by atoms with Gasteiger partial charge >= 0.3 is 0 Å². The van der Waals surface area contributed by atoms with Gasteiger partial charge in [-0.3, -0.25) is 9.59 Å². The molecule has 0 saturated heterocycles. The highest BCUT2D eigenvalue weighted by Gasteiger charge is 2.16. The molecule has 0 unspecified atom stereocenters. The second kappa shape index (κ2) is 8.29. The molecule has 0 saturated carbocycles. The van der Waals surface area contributed by atoms with E-state index >= 15 is 0 Å². The third-order valence-electron chi connectivity index (χ3n) is 4.02. The van der Waals surface area contributed by atoms with Crippen LogP contribution in [0.15, 0.2) is 24.3 Å². The molecule has 0 aliphatic heterocycles. The third kappa shape index (κ3) is 4.20. The minimum Gasteiger partial charge on any atom is -0.505 e. The van der Waals surface area contributed by atoms with E-state index in [-0.39, 0.29) is 22.6 Å². The Morgan fingerprint density at radius 3 is 1.46 bits per heavy atom. The average Bonchev–Trinajstić information content (AvgIpc) is 2.62. The van der Waals surface area contributed by atoms with Crippen LogP contribution in [0.1, 0.15) is 20.7 Å². The van der Waals surface area contributed by atoms with Gasteiger partial charge in [0.2, 0.25) is 0 Å². The molecule has 26 heavy (non-hydrogen) atoms. The van der Waals surface area contributed by atoms with Crippen LogP contribution in [-0.4, -0.2) is 50.0 Å². The van der Waals surface area contributed by atoms with Gasteiger partial charge in [0.25, 0.3) is 0 Å². The van der Waals surface area contributed by atoms with Crippen LogP contribution in [0.4, 0.5) is 11.4 Å². The summed E-state index contributed by atoms with van der Waals surface area (Å²) in [5.74, 6) is -0.299. The Morgan fingerprint density at radius 2 is 1.15 bits per heavy atom. The van der Waals surface area contributed by atoms with Crippen molar-refractivity contribution in [2.75, 3.05) is 37.0 Å². The van der Waals surface area contributed by atoms with E-state index in [0.29, 0.717) is 47.1 Å². The van der Waals surface area contributed by atoms with Gasteiger partial charge in [-0.2, -0.15) is 0 Å². The standard InChI is InChI=1S/C18H18Cl2N2O4/c1-21(15-7-13(19)5-11(9-23)17(15)25)3-4-22(2)16-8-14(20)6-12(10-24)18(16)26/h5-10,25-26H,3-4H2,1-2H3. The molecule has 0 radical (unpaired) electrons. The minimum absolute atomic E-state index is 0.107. The molecular weight excluding hydrogens is 379 g/mol. The molecule has 6 nitrogen and oxygen atoms in total. The highest BCUT2D eigenvalue weighted by Crippen LogP contribution is 2.34. The van der Waals surface area contributed by atoms with Crippen molar-refractivity contribution in [1.82, 2.24) is 0 Å². The first-order valence-electron chi connectivity index (χ1n) is 7.66. The number of carbonyl (C=O) groups is 2. The predicted molar refractivity (Wildman–Crippen MR) is 104 cm³/mol. The van der Waals surface area contributed by atoms with Crippen LogP contribution in [-0.2, 0) is 0 Å². The van der Waals surface area contributed by atoms with Crippen molar-refractivity contribution in [2.45, 2.75) is 0 Å². The van der Waals surface area contributed by atoms with E-state index in [9.17, 15) is 19.8 Å². The van der Waals surface area contributed by atoms with Crippen LogP contribution in [0.3, 0.4) is 0 Å². The van der Waals surface area contributed by atoms with Gasteiger partial charge in [0.1, 0.15) is 11.5 Å². The minimum atomic E-state index is -0.150. The van der Waals surface area contributed by atoms with Crippen molar-refractivity contribution in [3.8, 4) is 11.5 Å². The number of hydrogen-bond donors (Lipinski definition) is 2. The van der Waals surface area contributed by atoms with Crippen LogP contribution in [0.25, 0.3) is 0 Å². The van der Waals surface area contributed by atoms with Crippen molar-refractivity contribution in [3.05, 3.63) is 45.4 Å². The smallest absolute Gasteiger partial charge is 0.153 e. The summed E-state index contributed by atoms with van der Waals surface area (Å²) in [6.45, 7) is 0.871. The van der Waals surface area contributed by atoms with Crippen molar-refractivity contribution in [1.29, 1.82) is 0 Å². The summed E-state index contributed by atoms with van der Waals surface area (Å²) in [6.07, 6.45) is 1.07. The number of benzene rings is 2. The number of halogens is 2. The van der Waals surface area contributed by atoms with Crippen LogP contribution in [0.2, 0.25) is 10.0 Å². The van der Waals surface area contributed by atoms with Gasteiger partial charge in [-0.05, 0) is 24.3 Å². The van der Waals surface area contributed by atoms with Crippen molar-refractivity contribution in [3.63, 3.8) is 0 Å². The second-order valence-electron chi connectivity index (χ2n) is 5.80. The van der Waals surface area contributed by atoms with E-state index in [1.54, 1.807) is 36.0 Å². The van der Waals surface area contributed by atoms with Crippen molar-refractivity contribution in [2.24, 2.45) is 0 Å². The van der Waals surface area contributed by atoms with E-state index in [1.165, 1.54) is 12.1 Å². The molecule has 0 atom stereocenters. The summed E-state index contributed by atoms with van der Waals surface area (Å²) in [7, 11) is 3.48. The fraction of sp³-hybridized carbons (Fsp3) is 0.222. The number of aldehydes is 2. The quantitative estimate of drug-likeness (QED) is 0.695. The molecule has 0 aliphatic rings. The van der Waals surface area contributed by atoms with Crippen molar-refractivity contribution < 1.29 is 19.8 Å². The Balaban J connectivity index is 2.19. The first-order valence-corrected chi connectivity index (χ1v) is 8.41. The van der Waals surface area contributed by atoms with Crippen molar-refractivity contribution >= 4 is 47.1 Å². The Bertz CT molecular complexity index is 773. The van der Waals surface area contributed by atoms with Crippen LogP contribution in [0.5, 0.6) is 11.5 Å². The van der Waals surface area contributed by atoms with Gasteiger partial charge in [-0.25, -0.2) is 0 Å². The summed E-state index contributed by atoms with van der Waals surface area (Å²) in [6, 6.07) is 5.90. The Labute approximate surface area is 161 Å². The Morgan fingerprint density at radius 1 is 0.808 bits per heavy atom. The van der Waals surface area contributed by atoms with E-state index < -0.39 is 0 Å². The molecule has 2 rings (SSSR count). The van der Waals surface area contributed by atoms with Gasteiger partial charge < -0.3 is 20.0 Å². The third-order valence-corrected chi connectivity index (χ3v) is 4.45. The lowest BCUT2D eigenvalue weighted by Crippen LogP contribution is -2.31. The number of hydrogen-bond acceptors (Lipinski definition) is 6. The van der Waals surface area contributed by atoms with Gasteiger partial charge in [-0.15, -0.1) is 0 Å². The molecule has 0 aliphatic carbocycles. The summed E-state index contributed by atoms with van der Waals surface area (Å²) >= 11 is 12.0. The maximum absolute atomic E-state index is 11.0. The van der Waals surface area contributed by atoms with E-state index in [1.807, 2.05) is 0 Å². The number of carbonyl (C=O) groups excluding carboxylic acids is 2. The lowest BCUT2D eigenvalue weighted by Gasteiger charge is -2.26. The number of phenolic OH excluding ortho intramolecular Hbond substituents is 2. The topological polar surface area (TPSA) is 81.1 Å². The number of nitrogens with zero attached hydrogens (tertiary/aromatic N) is 2. The second-order valence-corrected chi connectivity index (χ2v) is 6.68. The van der Waals surface area contributed by atoms with Gasteiger partial charge in [0, 0.05) is 37.2 Å². The van der Waals surface area contributed by atoms with E-state index in [4.69, 9.17) is 23.2 Å². The highest BCUT2D eigenvalue weighted by atomic mass is 35.5. The zero-order valence-corrected chi connectivity index (χ0v) is 15.8. The monoisotopic (exact) mass is 396 g/mol. The molecule has 2 aromatic rings. The normalized spacial score (nSPS) is 10.5. The SMILES string of the molecule is CN(CCN(C)c1cc(Cl)cc(C=O)c1O)c1cc(Cl)cc(C=O)c1O. The summed E-state index contributed by atoms with van der Waals surface area (Å²) < 4.78 is 0. The number of likely N-dealkylation sites (N-methyl/N-ethyl adjacent to an activating group) is 2. The molecule has 0 amide bonds. The molecule has 0 bridgehead atoms. The largest absolute Gasteiger partial charge is 0.505 e. The lowest BCUT2D eigenvalue weighted by molar-refractivity contribution is 0.111. The zero-order chi connectivity index (χ0) is 19.4. The first-order chi connectivity index (χ1) is 12.3. The summed E-state index contributed by atoms with van der Waals surface area (Å²) in [5.41, 5.74) is 1.04. The summed E-state index contributed by atoms with van der Waals surface area (Å²) in [4.78, 5) is 25.5. The lowest BCUT2D eigenvalue weighted by atomic mass is 10.1. The van der Waals surface area contributed by atoms with E-state index in [0.717, 1.165) is 0 Å². The Kier molecular flexibility index (Phi) is 6.34. The van der Waals surface area contributed by atoms with E-state index in [2.05, 4.69) is 0 Å². The van der Waals surface area contributed by atoms with Crippen LogP contribution >= 0.6 is 23.2 Å². The first kappa shape index (κ1) is 19.9. The molecule has 138 valence electrons. The average molecular weight is 397 g/mol. The van der Waals surface area contributed by atoms with Gasteiger partial charge in [0.15, 0.2) is 12.6 Å². The van der Waals surface area contributed by atoms with Gasteiger partial charge in [0.05, 0.1) is 22.5 Å². The molecule has 0 fully saturated rings. The van der Waals surface area contributed by atoms with Crippen LogP contribution < -0.4 is 9.80 Å². The zero-order valence-electron chi connectivity index (χ0n) is 14.2. The molecule has 2 N–H and O–H groups in total. The molecule has 2 aromatic carbocycles. The molecule has 8 heteroatoms. The predicted octanol–water partition coefficient (Wildman–Crippen LogP) is 3.60. The number of aromatic hydroxyl groups is 2. The highest BCUT2D eigenvalue weighted by molar-refractivity contribution is 6.31. The Hall–Kier alpha value is -2.44. The number of rotatable bonds is 7. The molecule has 0 aromatic heterocycles.